The molecule has 0 aliphatic carbocycles. The Labute approximate surface area is 132 Å². The molecule has 1 N–H and O–H groups in total. The van der Waals surface area contributed by atoms with Crippen LogP contribution in [0, 0.1) is 10.1 Å². The first kappa shape index (κ1) is 14.6. The van der Waals surface area contributed by atoms with Crippen LogP contribution in [0.5, 0.6) is 6.01 Å². The Kier molecular flexibility index (Phi) is 3.66. The first-order chi connectivity index (χ1) is 10.5. The van der Waals surface area contributed by atoms with Gasteiger partial charge in [0.2, 0.25) is 0 Å². The van der Waals surface area contributed by atoms with Crippen LogP contribution in [0.4, 0.5) is 11.5 Å². The minimum Gasteiger partial charge on any atom is -0.438 e. The zero-order valence-electron chi connectivity index (χ0n) is 12.0. The summed E-state index contributed by atoms with van der Waals surface area (Å²) in [7, 11) is 0. The number of anilines is 1. The van der Waals surface area contributed by atoms with Gasteiger partial charge in [-0.2, -0.15) is 0 Å². The molecule has 7 nitrogen and oxygen atoms in total. The monoisotopic (exact) mass is 322 g/mol. The van der Waals surface area contributed by atoms with Gasteiger partial charge in [0, 0.05) is 28.7 Å². The summed E-state index contributed by atoms with van der Waals surface area (Å²) >= 11 is 5.85. The van der Waals surface area contributed by atoms with Crippen LogP contribution >= 0.6 is 11.6 Å². The minimum absolute atomic E-state index is 0.190. The van der Waals surface area contributed by atoms with Gasteiger partial charge in [0.25, 0.3) is 0 Å². The van der Waals surface area contributed by atoms with Gasteiger partial charge in [-0.25, -0.2) is 0 Å². The van der Waals surface area contributed by atoms with Gasteiger partial charge in [-0.1, -0.05) is 11.6 Å². The summed E-state index contributed by atoms with van der Waals surface area (Å²) < 4.78 is 7.52. The van der Waals surface area contributed by atoms with Crippen LogP contribution < -0.4 is 10.1 Å². The second-order valence-electron chi connectivity index (χ2n) is 5.49. The molecule has 116 valence electrons. The molecule has 0 saturated carbocycles. The Bertz CT molecular complexity index is 701. The van der Waals surface area contributed by atoms with Crippen molar-refractivity contribution in [3.05, 3.63) is 45.6 Å². The number of aryl methyl sites for hydroxylation is 1. The van der Waals surface area contributed by atoms with E-state index in [4.69, 9.17) is 16.3 Å². The van der Waals surface area contributed by atoms with E-state index in [9.17, 15) is 10.1 Å². The number of rotatable bonds is 4. The fourth-order valence-electron chi connectivity index (χ4n) is 2.32. The fourth-order valence-corrected chi connectivity index (χ4v) is 2.45. The highest BCUT2D eigenvalue weighted by molar-refractivity contribution is 6.30. The van der Waals surface area contributed by atoms with Gasteiger partial charge in [-0.05, 0) is 36.1 Å². The molecule has 1 aliphatic rings. The summed E-state index contributed by atoms with van der Waals surface area (Å²) in [6.07, 6.45) is 2.13. The van der Waals surface area contributed by atoms with Crippen molar-refractivity contribution in [2.45, 2.75) is 25.5 Å². The highest BCUT2D eigenvalue weighted by atomic mass is 35.5. The number of nitrogens with zero attached hydrogens (tertiary/aromatic N) is 3. The lowest BCUT2D eigenvalue weighted by molar-refractivity contribution is -0.389. The Hall–Kier alpha value is -2.28. The first-order valence-electron chi connectivity index (χ1n) is 6.85. The minimum atomic E-state index is -0.516. The van der Waals surface area contributed by atoms with Crippen molar-refractivity contribution in [2.24, 2.45) is 0 Å². The predicted octanol–water partition coefficient (Wildman–Crippen LogP) is 3.10. The number of nitrogens with one attached hydrogen (secondary N) is 1. The van der Waals surface area contributed by atoms with Crippen molar-refractivity contribution < 1.29 is 9.66 Å². The lowest BCUT2D eigenvalue weighted by Crippen LogP contribution is -2.44. The number of hydrogen-bond acceptors (Lipinski definition) is 5. The van der Waals surface area contributed by atoms with Crippen LogP contribution in [0.25, 0.3) is 0 Å². The lowest BCUT2D eigenvalue weighted by atomic mass is 10.0. The summed E-state index contributed by atoms with van der Waals surface area (Å²) in [5.74, 6) is -0.190. The van der Waals surface area contributed by atoms with E-state index < -0.39 is 10.5 Å². The van der Waals surface area contributed by atoms with Gasteiger partial charge in [-0.3, -0.25) is 4.57 Å². The van der Waals surface area contributed by atoms with Gasteiger partial charge in [0.05, 0.1) is 6.54 Å². The van der Waals surface area contributed by atoms with Crippen molar-refractivity contribution in [1.29, 1.82) is 0 Å². The van der Waals surface area contributed by atoms with Crippen molar-refractivity contribution >= 4 is 23.1 Å². The number of halogens is 1. The van der Waals surface area contributed by atoms with E-state index in [1.54, 1.807) is 4.57 Å². The molecule has 0 fully saturated rings. The molecule has 8 heteroatoms. The second-order valence-corrected chi connectivity index (χ2v) is 5.93. The van der Waals surface area contributed by atoms with Crippen molar-refractivity contribution in [2.75, 3.05) is 11.9 Å². The molecule has 22 heavy (non-hydrogen) atoms. The third kappa shape index (κ3) is 2.99. The summed E-state index contributed by atoms with van der Waals surface area (Å²) in [6, 6.07) is 7.69. The molecule has 1 aliphatic heterocycles. The van der Waals surface area contributed by atoms with Crippen molar-refractivity contribution in [1.82, 2.24) is 9.55 Å². The molecule has 1 aromatic heterocycles. The highest BCUT2D eigenvalue weighted by Crippen LogP contribution is 2.30. The van der Waals surface area contributed by atoms with Gasteiger partial charge < -0.3 is 20.2 Å². The van der Waals surface area contributed by atoms with Gasteiger partial charge in [-0.15, -0.1) is 0 Å². The van der Waals surface area contributed by atoms with Crippen LogP contribution in [0.2, 0.25) is 5.02 Å². The molecular formula is C14H15ClN4O3. The van der Waals surface area contributed by atoms with Crippen LogP contribution in [0.1, 0.15) is 13.3 Å². The molecule has 0 spiro atoms. The van der Waals surface area contributed by atoms with Crippen LogP contribution in [0.15, 0.2) is 30.5 Å². The number of imidazole rings is 1. The Morgan fingerprint density at radius 1 is 1.50 bits per heavy atom. The van der Waals surface area contributed by atoms with E-state index >= 15 is 0 Å². The van der Waals surface area contributed by atoms with Gasteiger partial charge in [0.1, 0.15) is 11.8 Å². The molecule has 0 saturated heterocycles. The molecule has 0 radical (unpaired) electrons. The SMILES string of the molecule is CC1(CNc2ccc(Cl)cc2)CCn2cc([N+](=O)[O-])nc2O1. The average Bonchev–Trinajstić information content (AvgIpc) is 2.90. The zero-order valence-corrected chi connectivity index (χ0v) is 12.7. The molecule has 0 bridgehead atoms. The molecule has 2 aromatic rings. The molecular weight excluding hydrogens is 308 g/mol. The third-order valence-corrected chi connectivity index (χ3v) is 3.90. The number of aromatic nitrogens is 2. The molecule has 1 aromatic carbocycles. The molecule has 0 amide bonds. The van der Waals surface area contributed by atoms with Crippen molar-refractivity contribution in [3.63, 3.8) is 0 Å². The van der Waals surface area contributed by atoms with Gasteiger partial charge in [0.15, 0.2) is 0 Å². The van der Waals surface area contributed by atoms with E-state index in [0.29, 0.717) is 24.1 Å². The molecule has 1 unspecified atom stereocenters. The van der Waals surface area contributed by atoms with Crippen molar-refractivity contribution in [3.8, 4) is 6.01 Å². The second kappa shape index (κ2) is 5.49. The van der Waals surface area contributed by atoms with E-state index in [2.05, 4.69) is 10.3 Å². The Morgan fingerprint density at radius 2 is 2.23 bits per heavy atom. The summed E-state index contributed by atoms with van der Waals surface area (Å²) in [5, 5.41) is 14.7. The van der Waals surface area contributed by atoms with E-state index in [1.807, 2.05) is 31.2 Å². The zero-order chi connectivity index (χ0) is 15.7. The summed E-state index contributed by atoms with van der Waals surface area (Å²) in [4.78, 5) is 14.2. The molecule has 1 atom stereocenters. The largest absolute Gasteiger partial charge is 0.438 e. The highest BCUT2D eigenvalue weighted by Gasteiger charge is 2.36. The quantitative estimate of drug-likeness (QED) is 0.691. The third-order valence-electron chi connectivity index (χ3n) is 3.64. The lowest BCUT2D eigenvalue weighted by Gasteiger charge is -2.33. The number of nitro groups is 1. The van der Waals surface area contributed by atoms with Gasteiger partial charge >= 0.3 is 11.8 Å². The average molecular weight is 323 g/mol. The first-order valence-corrected chi connectivity index (χ1v) is 7.23. The van der Waals surface area contributed by atoms with Crippen LogP contribution in [-0.2, 0) is 6.54 Å². The smallest absolute Gasteiger partial charge is 0.414 e. The number of benzene rings is 1. The van der Waals surface area contributed by atoms with E-state index in [1.165, 1.54) is 6.20 Å². The maximum atomic E-state index is 10.8. The maximum Gasteiger partial charge on any atom is 0.414 e. The van der Waals surface area contributed by atoms with Crippen LogP contribution in [0.3, 0.4) is 0 Å². The number of hydrogen-bond donors (Lipinski definition) is 1. The summed E-state index contributed by atoms with van der Waals surface area (Å²) in [6.45, 7) is 3.16. The Balaban J connectivity index is 1.69. The fraction of sp³-hybridized carbons (Fsp3) is 0.357. The maximum absolute atomic E-state index is 10.8. The van der Waals surface area contributed by atoms with E-state index in [-0.39, 0.29) is 5.82 Å². The Morgan fingerprint density at radius 3 is 2.91 bits per heavy atom. The number of fused-ring (bicyclic) bond motifs is 1. The molecule has 2 heterocycles. The normalized spacial score (nSPS) is 20.1. The molecule has 3 rings (SSSR count). The number of ether oxygens (including phenoxy) is 1. The van der Waals surface area contributed by atoms with Crippen LogP contribution in [-0.4, -0.2) is 26.6 Å². The standard InChI is InChI=1S/C14H15ClN4O3/c1-14(9-16-11-4-2-10(15)3-5-11)6-7-18-8-12(19(20)21)17-13(18)22-14/h2-5,8,16H,6-7,9H2,1H3. The predicted molar refractivity (Wildman–Crippen MR) is 82.5 cm³/mol. The summed E-state index contributed by atoms with van der Waals surface area (Å²) in [5.41, 5.74) is 0.462. The topological polar surface area (TPSA) is 82.2 Å². The van der Waals surface area contributed by atoms with E-state index in [0.717, 1.165) is 12.1 Å².